The Balaban J connectivity index is 2.41. The number of ketones is 1. The predicted octanol–water partition coefficient (Wildman–Crippen LogP) is 1.98. The van der Waals surface area contributed by atoms with Gasteiger partial charge >= 0.3 is 0 Å². The number of rotatable bonds is 4. The fourth-order valence-corrected chi connectivity index (χ4v) is 2.85. The number of nitrogens with two attached hydrogens (primary N) is 1. The molecule has 7 heteroatoms. The molecular weight excluding hydrogens is 290 g/mol. The first-order chi connectivity index (χ1) is 9.79. The highest BCUT2D eigenvalue weighted by Gasteiger charge is 2.17. The number of nitrogen functional groups attached to an aromatic ring is 1. The highest BCUT2D eigenvalue weighted by atomic mass is 32.2. The lowest BCUT2D eigenvalue weighted by atomic mass is 10.1. The van der Waals surface area contributed by atoms with Gasteiger partial charge in [0.25, 0.3) is 10.0 Å². The first kappa shape index (κ1) is 15.0. The second-order valence-electron chi connectivity index (χ2n) is 4.60. The van der Waals surface area contributed by atoms with Crippen LogP contribution in [0.2, 0.25) is 0 Å². The molecule has 1 heterocycles. The van der Waals surface area contributed by atoms with E-state index >= 15 is 0 Å². The number of nitrogens with zero attached hydrogens (tertiary/aromatic N) is 1. The van der Waals surface area contributed by atoms with E-state index in [4.69, 9.17) is 5.73 Å². The normalized spacial score (nSPS) is 11.1. The van der Waals surface area contributed by atoms with Gasteiger partial charge in [0.15, 0.2) is 5.78 Å². The second-order valence-corrected chi connectivity index (χ2v) is 6.28. The van der Waals surface area contributed by atoms with Gasteiger partial charge in [0.1, 0.15) is 0 Å². The van der Waals surface area contributed by atoms with E-state index in [1.54, 1.807) is 13.0 Å². The van der Waals surface area contributed by atoms with Crippen molar-refractivity contribution in [2.75, 3.05) is 10.5 Å². The van der Waals surface area contributed by atoms with Crippen molar-refractivity contribution in [3.05, 3.63) is 47.8 Å². The molecule has 0 fully saturated rings. The molecule has 0 amide bonds. The van der Waals surface area contributed by atoms with Crippen molar-refractivity contribution in [1.29, 1.82) is 0 Å². The third kappa shape index (κ3) is 3.38. The molecule has 1 aromatic heterocycles. The molecule has 0 atom stereocenters. The van der Waals surface area contributed by atoms with Gasteiger partial charge in [-0.25, -0.2) is 8.42 Å². The highest BCUT2D eigenvalue weighted by Crippen LogP contribution is 2.21. The first-order valence-electron chi connectivity index (χ1n) is 6.15. The maximum absolute atomic E-state index is 12.3. The molecule has 0 saturated heterocycles. The van der Waals surface area contributed by atoms with Crippen LogP contribution in [0.25, 0.3) is 0 Å². The van der Waals surface area contributed by atoms with Crippen LogP contribution in [0.15, 0.2) is 41.4 Å². The molecule has 0 aliphatic carbocycles. The minimum Gasteiger partial charge on any atom is -0.399 e. The number of hydrogen-bond donors (Lipinski definition) is 2. The largest absolute Gasteiger partial charge is 0.399 e. The fourth-order valence-electron chi connectivity index (χ4n) is 1.78. The smallest absolute Gasteiger partial charge is 0.261 e. The maximum Gasteiger partial charge on any atom is 0.261 e. The summed E-state index contributed by atoms with van der Waals surface area (Å²) in [7, 11) is -3.80. The topological polar surface area (TPSA) is 102 Å². The highest BCUT2D eigenvalue weighted by molar-refractivity contribution is 7.92. The van der Waals surface area contributed by atoms with E-state index in [2.05, 4.69) is 9.71 Å². The monoisotopic (exact) mass is 305 g/mol. The molecule has 110 valence electrons. The Bertz CT molecular complexity index is 784. The van der Waals surface area contributed by atoms with Crippen LogP contribution in [0.3, 0.4) is 0 Å². The minimum atomic E-state index is -3.80. The molecular formula is C14H15N3O3S. The summed E-state index contributed by atoms with van der Waals surface area (Å²) >= 11 is 0. The number of aromatic nitrogens is 1. The van der Waals surface area contributed by atoms with Crippen LogP contribution in [0, 0.1) is 6.92 Å². The summed E-state index contributed by atoms with van der Waals surface area (Å²) in [5.41, 5.74) is 7.07. The minimum absolute atomic E-state index is 0.0618. The summed E-state index contributed by atoms with van der Waals surface area (Å²) in [6.45, 7) is 3.10. The molecule has 0 aliphatic rings. The second kappa shape index (κ2) is 5.53. The van der Waals surface area contributed by atoms with Gasteiger partial charge in [-0.3, -0.25) is 14.5 Å². The fraction of sp³-hybridized carbons (Fsp3) is 0.143. The summed E-state index contributed by atoms with van der Waals surface area (Å²) in [4.78, 5) is 15.7. The molecule has 0 spiro atoms. The summed E-state index contributed by atoms with van der Waals surface area (Å²) in [6, 6.07) is 7.32. The number of anilines is 2. The van der Waals surface area contributed by atoms with E-state index < -0.39 is 10.0 Å². The number of benzene rings is 1. The third-order valence-corrected chi connectivity index (χ3v) is 4.24. The van der Waals surface area contributed by atoms with Gasteiger partial charge in [0.05, 0.1) is 16.8 Å². The molecule has 2 rings (SSSR count). The van der Waals surface area contributed by atoms with Gasteiger partial charge in [-0.15, -0.1) is 0 Å². The Morgan fingerprint density at radius 1 is 1.24 bits per heavy atom. The van der Waals surface area contributed by atoms with Crippen LogP contribution in [0.5, 0.6) is 0 Å². The lowest BCUT2D eigenvalue weighted by molar-refractivity contribution is 0.101. The molecule has 21 heavy (non-hydrogen) atoms. The number of aryl methyl sites for hydroxylation is 1. The van der Waals surface area contributed by atoms with Gasteiger partial charge in [0.2, 0.25) is 0 Å². The average molecular weight is 305 g/mol. The zero-order valence-electron chi connectivity index (χ0n) is 11.6. The van der Waals surface area contributed by atoms with Gasteiger partial charge in [-0.2, -0.15) is 0 Å². The van der Waals surface area contributed by atoms with Crippen LogP contribution in [0.4, 0.5) is 11.4 Å². The van der Waals surface area contributed by atoms with Gasteiger partial charge < -0.3 is 5.73 Å². The first-order valence-corrected chi connectivity index (χ1v) is 7.64. The van der Waals surface area contributed by atoms with Crippen molar-refractivity contribution < 1.29 is 13.2 Å². The van der Waals surface area contributed by atoms with Crippen LogP contribution in [-0.2, 0) is 10.0 Å². The third-order valence-electron chi connectivity index (χ3n) is 2.85. The van der Waals surface area contributed by atoms with Crippen molar-refractivity contribution in [2.24, 2.45) is 0 Å². The molecule has 0 aliphatic heterocycles. The van der Waals surface area contributed by atoms with Gasteiger partial charge in [-0.05, 0) is 44.2 Å². The van der Waals surface area contributed by atoms with Gasteiger partial charge in [-0.1, -0.05) is 0 Å². The zero-order valence-corrected chi connectivity index (χ0v) is 12.4. The van der Waals surface area contributed by atoms with E-state index in [1.807, 2.05) is 0 Å². The van der Waals surface area contributed by atoms with E-state index in [-0.39, 0.29) is 21.9 Å². The average Bonchev–Trinajstić information content (AvgIpc) is 2.41. The SMILES string of the molecule is CC(=O)c1cc(C)ncc1NS(=O)(=O)c1ccc(N)cc1. The Morgan fingerprint density at radius 3 is 2.43 bits per heavy atom. The molecule has 2 aromatic rings. The van der Waals surface area contributed by atoms with Crippen molar-refractivity contribution in [2.45, 2.75) is 18.7 Å². The number of hydrogen-bond acceptors (Lipinski definition) is 5. The summed E-state index contributed by atoms with van der Waals surface area (Å²) in [5.74, 6) is -0.240. The molecule has 0 saturated carbocycles. The molecule has 0 radical (unpaired) electrons. The molecule has 0 unspecified atom stereocenters. The lowest BCUT2D eigenvalue weighted by Gasteiger charge is -2.11. The number of Topliss-reactive ketones (excluding diaryl/α,β-unsaturated/α-hetero) is 1. The molecule has 0 bridgehead atoms. The summed E-state index contributed by atoms with van der Waals surface area (Å²) in [5, 5.41) is 0. The number of carbonyl (C=O) groups excluding carboxylic acids is 1. The number of pyridine rings is 1. The van der Waals surface area contributed by atoms with Crippen LogP contribution >= 0.6 is 0 Å². The summed E-state index contributed by atoms with van der Waals surface area (Å²) < 4.78 is 26.9. The number of carbonyl (C=O) groups is 1. The van der Waals surface area contributed by atoms with Crippen LogP contribution < -0.4 is 10.5 Å². The van der Waals surface area contributed by atoms with Gasteiger partial charge in [0, 0.05) is 16.9 Å². The predicted molar refractivity (Wildman–Crippen MR) is 80.6 cm³/mol. The van der Waals surface area contributed by atoms with Crippen molar-refractivity contribution >= 4 is 27.2 Å². The van der Waals surface area contributed by atoms with Crippen molar-refractivity contribution in [3.8, 4) is 0 Å². The Morgan fingerprint density at radius 2 is 1.86 bits per heavy atom. The van der Waals surface area contributed by atoms with Crippen LogP contribution in [-0.4, -0.2) is 19.2 Å². The Hall–Kier alpha value is -2.41. The van der Waals surface area contributed by atoms with Crippen molar-refractivity contribution in [3.63, 3.8) is 0 Å². The van der Waals surface area contributed by atoms with E-state index in [0.29, 0.717) is 11.4 Å². The van der Waals surface area contributed by atoms with E-state index in [1.165, 1.54) is 37.4 Å². The van der Waals surface area contributed by atoms with E-state index in [9.17, 15) is 13.2 Å². The molecule has 1 aromatic carbocycles. The molecule has 6 nitrogen and oxygen atoms in total. The lowest BCUT2D eigenvalue weighted by Crippen LogP contribution is -2.15. The van der Waals surface area contributed by atoms with Crippen molar-refractivity contribution in [1.82, 2.24) is 4.98 Å². The Labute approximate surface area is 123 Å². The zero-order chi connectivity index (χ0) is 15.6. The summed E-state index contributed by atoms with van der Waals surface area (Å²) in [6.07, 6.45) is 1.33. The number of sulfonamides is 1. The maximum atomic E-state index is 12.3. The Kier molecular flexibility index (Phi) is 3.95. The standard InChI is InChI=1S/C14H15N3O3S/c1-9-7-13(10(2)18)14(8-16-9)17-21(19,20)12-5-3-11(15)4-6-12/h3-8,17H,15H2,1-2H3. The number of nitrogens with one attached hydrogen (secondary N) is 1. The quantitative estimate of drug-likeness (QED) is 0.664. The molecule has 3 N–H and O–H groups in total. The van der Waals surface area contributed by atoms with Crippen LogP contribution in [0.1, 0.15) is 23.0 Å². The van der Waals surface area contributed by atoms with E-state index in [0.717, 1.165) is 0 Å².